The van der Waals surface area contributed by atoms with E-state index >= 15 is 0 Å². The predicted molar refractivity (Wildman–Crippen MR) is 181 cm³/mol. The summed E-state index contributed by atoms with van der Waals surface area (Å²) in [5.74, 6) is -1.57. The van der Waals surface area contributed by atoms with Crippen molar-refractivity contribution in [1.29, 1.82) is 0 Å². The summed E-state index contributed by atoms with van der Waals surface area (Å²) in [5, 5.41) is 9.29. The van der Waals surface area contributed by atoms with E-state index in [0.717, 1.165) is 35.4 Å². The number of fused-ring (bicyclic) bond motifs is 2. The van der Waals surface area contributed by atoms with Crippen LogP contribution in [0, 0.1) is 25.7 Å². The topological polar surface area (TPSA) is 99.6 Å². The molecule has 0 bridgehead atoms. The summed E-state index contributed by atoms with van der Waals surface area (Å²) in [6.45, 7) is 9.62. The second-order valence-corrected chi connectivity index (χ2v) is 13.2. The van der Waals surface area contributed by atoms with Gasteiger partial charge in [0.15, 0.2) is 0 Å². The number of rotatable bonds is 11. The van der Waals surface area contributed by atoms with E-state index in [1.54, 1.807) is 14.7 Å². The Bertz CT molecular complexity index is 1570. The van der Waals surface area contributed by atoms with Crippen LogP contribution in [0.15, 0.2) is 66.8 Å². The third kappa shape index (κ3) is 5.57. The van der Waals surface area contributed by atoms with E-state index in [0.29, 0.717) is 51.2 Å². The Kier molecular flexibility index (Phi) is 9.31. The first-order valence-corrected chi connectivity index (χ1v) is 17.1. The van der Waals surface area contributed by atoms with Gasteiger partial charge in [-0.25, -0.2) is 0 Å². The van der Waals surface area contributed by atoms with Crippen LogP contribution in [0.5, 0.6) is 5.75 Å². The van der Waals surface area contributed by atoms with Crippen molar-refractivity contribution >= 4 is 29.1 Å². The number of hydrogen-bond donors (Lipinski definition) is 1. The number of benzene rings is 2. The summed E-state index contributed by atoms with van der Waals surface area (Å²) < 4.78 is 12.8. The molecule has 1 spiro atoms. The van der Waals surface area contributed by atoms with Crippen LogP contribution in [-0.2, 0) is 19.1 Å². The zero-order chi connectivity index (χ0) is 33.3. The fourth-order valence-electron chi connectivity index (χ4n) is 8.10. The predicted octanol–water partition coefficient (Wildman–Crippen LogP) is 5.12. The van der Waals surface area contributed by atoms with Crippen molar-refractivity contribution in [3.8, 4) is 5.75 Å². The second kappa shape index (κ2) is 13.3. The molecule has 2 saturated heterocycles. The molecule has 1 unspecified atom stereocenters. The minimum absolute atomic E-state index is 0.125. The molecule has 250 valence electrons. The van der Waals surface area contributed by atoms with Crippen molar-refractivity contribution in [3.63, 3.8) is 0 Å². The molecule has 0 aromatic heterocycles. The van der Waals surface area contributed by atoms with Crippen LogP contribution in [0.25, 0.3) is 0 Å². The first-order valence-electron chi connectivity index (χ1n) is 17.1. The summed E-state index contributed by atoms with van der Waals surface area (Å²) in [7, 11) is 0. The van der Waals surface area contributed by atoms with E-state index in [2.05, 4.69) is 0 Å². The average molecular weight is 642 g/mol. The molecule has 0 radical (unpaired) electrons. The third-order valence-corrected chi connectivity index (χ3v) is 10.4. The highest BCUT2D eigenvalue weighted by Gasteiger charge is 2.75. The van der Waals surface area contributed by atoms with Crippen molar-refractivity contribution < 1.29 is 29.0 Å². The van der Waals surface area contributed by atoms with Gasteiger partial charge in [-0.15, -0.1) is 0 Å². The van der Waals surface area contributed by atoms with Gasteiger partial charge in [-0.2, -0.15) is 0 Å². The molecule has 4 aliphatic heterocycles. The lowest BCUT2D eigenvalue weighted by Crippen LogP contribution is -2.56. The maximum Gasteiger partial charge on any atom is 0.253 e. The zero-order valence-corrected chi connectivity index (χ0v) is 28.0. The summed E-state index contributed by atoms with van der Waals surface area (Å²) in [6.07, 6.45) is 11.3. The standard InChI is InChI=1S/C38H47N3O6/c1-5-37-19-11-22-39(28-15-17-29(18-16-28)46-6-2)34(43)31(37)32-35(44)41(21-9-7-8-10-24-42)33-36(45)40(23-12-20-38(32,33)47-37)30-25-26(3)13-14-27(30)4/h11-20,25,31-33,42H,5-10,21-24H2,1-4H3/t31-,32+,33?,37+,38+/m1/s1. The number of anilines is 2. The third-order valence-electron chi connectivity index (χ3n) is 10.4. The molecular formula is C38H47N3O6. The van der Waals surface area contributed by atoms with Gasteiger partial charge in [0.25, 0.3) is 5.91 Å². The molecule has 2 aromatic rings. The van der Waals surface area contributed by atoms with E-state index in [1.165, 1.54) is 0 Å². The monoisotopic (exact) mass is 641 g/mol. The molecule has 0 saturated carbocycles. The van der Waals surface area contributed by atoms with Crippen molar-refractivity contribution in [2.24, 2.45) is 11.8 Å². The number of ether oxygens (including phenoxy) is 2. The largest absolute Gasteiger partial charge is 0.494 e. The Hall–Kier alpha value is -3.95. The molecule has 5 atom stereocenters. The van der Waals surface area contributed by atoms with E-state index in [9.17, 15) is 19.5 Å². The summed E-state index contributed by atoms with van der Waals surface area (Å²) in [6, 6.07) is 12.6. The van der Waals surface area contributed by atoms with Crippen molar-refractivity contribution in [3.05, 3.63) is 77.9 Å². The van der Waals surface area contributed by atoms with Gasteiger partial charge in [0.05, 0.1) is 24.0 Å². The average Bonchev–Trinajstić information content (AvgIpc) is 3.35. The highest BCUT2D eigenvalue weighted by molar-refractivity contribution is 6.08. The van der Waals surface area contributed by atoms with Gasteiger partial charge in [0, 0.05) is 37.6 Å². The smallest absolute Gasteiger partial charge is 0.253 e. The highest BCUT2D eigenvalue weighted by Crippen LogP contribution is 2.59. The fraction of sp³-hybridized carbons (Fsp3) is 0.500. The second-order valence-electron chi connectivity index (χ2n) is 13.2. The van der Waals surface area contributed by atoms with Crippen molar-refractivity contribution in [1.82, 2.24) is 4.90 Å². The van der Waals surface area contributed by atoms with Gasteiger partial charge in [-0.1, -0.05) is 56.2 Å². The van der Waals surface area contributed by atoms with E-state index in [-0.39, 0.29) is 24.3 Å². The molecule has 9 nitrogen and oxygen atoms in total. The molecule has 6 rings (SSSR count). The van der Waals surface area contributed by atoms with Gasteiger partial charge in [-0.05, 0) is 81.5 Å². The van der Waals surface area contributed by atoms with Crippen molar-refractivity contribution in [2.75, 3.05) is 42.6 Å². The van der Waals surface area contributed by atoms with Crippen LogP contribution in [-0.4, -0.2) is 77.8 Å². The number of aliphatic hydroxyl groups is 1. The molecule has 2 fully saturated rings. The van der Waals surface area contributed by atoms with Gasteiger partial charge in [0.1, 0.15) is 17.4 Å². The number of hydrogen-bond acceptors (Lipinski definition) is 6. The molecule has 3 amide bonds. The maximum absolute atomic E-state index is 14.9. The number of aliphatic hydroxyl groups excluding tert-OH is 1. The van der Waals surface area contributed by atoms with Crippen molar-refractivity contribution in [2.45, 2.75) is 77.0 Å². The Labute approximate surface area is 277 Å². The number of carbonyl (C=O) groups excluding carboxylic acids is 3. The van der Waals surface area contributed by atoms with Crippen LogP contribution in [0.3, 0.4) is 0 Å². The van der Waals surface area contributed by atoms with Gasteiger partial charge >= 0.3 is 0 Å². The molecular weight excluding hydrogens is 594 g/mol. The van der Waals surface area contributed by atoms with Gasteiger partial charge in [-0.3, -0.25) is 14.4 Å². The van der Waals surface area contributed by atoms with Crippen LogP contribution >= 0.6 is 0 Å². The summed E-state index contributed by atoms with van der Waals surface area (Å²) >= 11 is 0. The number of unbranched alkanes of at least 4 members (excludes halogenated alkanes) is 3. The number of aryl methyl sites for hydroxylation is 2. The van der Waals surface area contributed by atoms with Crippen LogP contribution in [0.4, 0.5) is 11.4 Å². The Balaban J connectivity index is 1.43. The molecule has 1 N–H and O–H groups in total. The summed E-state index contributed by atoms with van der Waals surface area (Å²) in [4.78, 5) is 49.7. The molecule has 4 heterocycles. The zero-order valence-electron chi connectivity index (χ0n) is 28.0. The van der Waals surface area contributed by atoms with Gasteiger partial charge < -0.3 is 29.3 Å². The quantitative estimate of drug-likeness (QED) is 0.270. The molecule has 9 heteroatoms. The number of likely N-dealkylation sites (tertiary alicyclic amines) is 1. The lowest BCUT2D eigenvalue weighted by Gasteiger charge is -2.38. The molecule has 0 aliphatic carbocycles. The van der Waals surface area contributed by atoms with Crippen LogP contribution in [0.1, 0.15) is 57.1 Å². The fourth-order valence-corrected chi connectivity index (χ4v) is 8.10. The van der Waals surface area contributed by atoms with E-state index < -0.39 is 29.1 Å². The normalized spacial score (nSPS) is 28.3. The highest BCUT2D eigenvalue weighted by atomic mass is 16.5. The number of amides is 3. The molecule has 4 aliphatic rings. The first kappa shape index (κ1) is 33.0. The minimum atomic E-state index is -1.31. The number of nitrogens with zero attached hydrogens (tertiary/aromatic N) is 3. The summed E-state index contributed by atoms with van der Waals surface area (Å²) in [5.41, 5.74) is 1.17. The number of carbonyl (C=O) groups is 3. The molecule has 47 heavy (non-hydrogen) atoms. The lowest BCUT2D eigenvalue weighted by molar-refractivity contribution is -0.145. The van der Waals surface area contributed by atoms with Crippen LogP contribution in [0.2, 0.25) is 0 Å². The van der Waals surface area contributed by atoms with E-state index in [4.69, 9.17) is 9.47 Å². The van der Waals surface area contributed by atoms with E-state index in [1.807, 2.05) is 94.5 Å². The maximum atomic E-state index is 14.9. The lowest BCUT2D eigenvalue weighted by atomic mass is 9.73. The Morgan fingerprint density at radius 1 is 0.851 bits per heavy atom. The molecule has 2 aromatic carbocycles. The van der Waals surface area contributed by atoms with Crippen LogP contribution < -0.4 is 14.5 Å². The Morgan fingerprint density at radius 3 is 2.30 bits per heavy atom. The SMILES string of the molecule is CCOc1ccc(N2CC=C[C@]3(CC)O[C@]45C=CCN(c6cc(C)ccc6C)C(=O)C4N(CCCCCCO)C(=O)[C@@H]5[C@@H]3C2=O)cc1. The first-order chi connectivity index (χ1) is 22.7. The Morgan fingerprint density at radius 2 is 1.57 bits per heavy atom. The minimum Gasteiger partial charge on any atom is -0.494 e. The van der Waals surface area contributed by atoms with Gasteiger partial charge in [0.2, 0.25) is 11.8 Å².